The first-order valence-electron chi connectivity index (χ1n) is 7.02. The molecular weight excluding hydrogens is 278 g/mol. The van der Waals surface area contributed by atoms with Crippen molar-refractivity contribution in [2.45, 2.75) is 12.8 Å². The molecule has 0 radical (unpaired) electrons. The van der Waals surface area contributed by atoms with Crippen LogP contribution in [0.15, 0.2) is 60.8 Å². The van der Waals surface area contributed by atoms with Gasteiger partial charge in [-0.05, 0) is 30.7 Å². The second-order valence-electron chi connectivity index (χ2n) is 5.20. The molecule has 0 saturated carbocycles. The summed E-state index contributed by atoms with van der Waals surface area (Å²) >= 11 is 0. The first-order valence-corrected chi connectivity index (χ1v) is 7.02. The molecule has 110 valence electrons. The normalized spacial score (nSPS) is 12.2. The van der Waals surface area contributed by atoms with Gasteiger partial charge in [0, 0.05) is 17.1 Å². The zero-order valence-electron chi connectivity index (χ0n) is 12.1. The summed E-state index contributed by atoms with van der Waals surface area (Å²) in [7, 11) is 0. The van der Waals surface area contributed by atoms with E-state index in [1.54, 1.807) is 37.4 Å². The molecule has 2 aromatic carbocycles. The average molecular weight is 293 g/mol. The number of carboxylic acids is 1. The van der Waals surface area contributed by atoms with Gasteiger partial charge in [0.25, 0.3) is 5.91 Å². The van der Waals surface area contributed by atoms with Gasteiger partial charge < -0.3 is 5.11 Å². The maximum atomic E-state index is 12.7. The summed E-state index contributed by atoms with van der Waals surface area (Å²) in [5.41, 5.74) is 1.93. The van der Waals surface area contributed by atoms with E-state index >= 15 is 0 Å². The summed E-state index contributed by atoms with van der Waals surface area (Å²) < 4.78 is 1.53. The zero-order chi connectivity index (χ0) is 15.7. The Labute approximate surface area is 127 Å². The van der Waals surface area contributed by atoms with Gasteiger partial charge in [-0.2, -0.15) is 0 Å². The molecule has 1 atom stereocenters. The Hall–Kier alpha value is -2.88. The molecule has 3 aromatic rings. The Balaban J connectivity index is 2.19. The van der Waals surface area contributed by atoms with Gasteiger partial charge in [-0.15, -0.1) is 0 Å². The van der Waals surface area contributed by atoms with Crippen LogP contribution in [0.5, 0.6) is 0 Å². The molecule has 0 amide bonds. The molecule has 1 aromatic heterocycles. The van der Waals surface area contributed by atoms with Crippen LogP contribution in [-0.2, 0) is 4.79 Å². The van der Waals surface area contributed by atoms with E-state index in [9.17, 15) is 14.7 Å². The van der Waals surface area contributed by atoms with Crippen molar-refractivity contribution >= 4 is 22.8 Å². The van der Waals surface area contributed by atoms with Crippen LogP contribution in [-0.4, -0.2) is 21.6 Å². The van der Waals surface area contributed by atoms with Crippen molar-refractivity contribution in [3.05, 3.63) is 71.9 Å². The molecule has 1 unspecified atom stereocenters. The number of carboxylic acid groups (broad SMARTS) is 1. The van der Waals surface area contributed by atoms with Crippen LogP contribution in [0.25, 0.3) is 10.9 Å². The Morgan fingerprint density at radius 1 is 1.00 bits per heavy atom. The van der Waals surface area contributed by atoms with Crippen LogP contribution in [0.3, 0.4) is 0 Å². The molecular formula is C18H15NO3. The molecule has 1 N–H and O–H groups in total. The molecule has 0 bridgehead atoms. The number of aromatic nitrogens is 1. The quantitative estimate of drug-likeness (QED) is 0.803. The van der Waals surface area contributed by atoms with Gasteiger partial charge >= 0.3 is 5.97 Å². The standard InChI is InChI=1S/C18H15NO3/c1-12(18(21)22)15-11-19(16-10-6-5-9-14(15)16)17(20)13-7-3-2-4-8-13/h2-12H,1H3,(H,21,22). The molecule has 0 aliphatic heterocycles. The molecule has 3 rings (SSSR count). The number of rotatable bonds is 3. The Bertz CT molecular complexity index is 849. The smallest absolute Gasteiger partial charge is 0.310 e. The lowest BCUT2D eigenvalue weighted by Crippen LogP contribution is -2.11. The lowest BCUT2D eigenvalue weighted by molar-refractivity contribution is -0.138. The van der Waals surface area contributed by atoms with Gasteiger partial charge in [0.2, 0.25) is 0 Å². The maximum absolute atomic E-state index is 12.7. The summed E-state index contributed by atoms with van der Waals surface area (Å²) in [5, 5.41) is 10.1. The van der Waals surface area contributed by atoms with E-state index in [1.165, 1.54) is 4.57 Å². The molecule has 0 fully saturated rings. The number of carbonyl (C=O) groups excluding carboxylic acids is 1. The molecule has 4 nitrogen and oxygen atoms in total. The van der Waals surface area contributed by atoms with Crippen LogP contribution in [0.2, 0.25) is 0 Å². The van der Waals surface area contributed by atoms with Crippen molar-refractivity contribution in [3.63, 3.8) is 0 Å². The SMILES string of the molecule is CC(C(=O)O)c1cn(C(=O)c2ccccc2)c2ccccc12. The van der Waals surface area contributed by atoms with Crippen LogP contribution in [0, 0.1) is 0 Å². The van der Waals surface area contributed by atoms with Crippen molar-refractivity contribution in [2.75, 3.05) is 0 Å². The van der Waals surface area contributed by atoms with Crippen LogP contribution in [0.1, 0.15) is 28.8 Å². The van der Waals surface area contributed by atoms with E-state index in [2.05, 4.69) is 0 Å². The second kappa shape index (κ2) is 5.48. The van der Waals surface area contributed by atoms with E-state index in [-0.39, 0.29) is 5.91 Å². The maximum Gasteiger partial charge on any atom is 0.310 e. The Morgan fingerprint density at radius 3 is 2.32 bits per heavy atom. The highest BCUT2D eigenvalue weighted by molar-refractivity contribution is 6.03. The summed E-state index contributed by atoms with van der Waals surface area (Å²) in [6.07, 6.45) is 1.64. The number of hydrogen-bond donors (Lipinski definition) is 1. The third-order valence-corrected chi connectivity index (χ3v) is 3.82. The van der Waals surface area contributed by atoms with Crippen LogP contribution in [0.4, 0.5) is 0 Å². The Morgan fingerprint density at radius 2 is 1.64 bits per heavy atom. The van der Waals surface area contributed by atoms with E-state index in [1.807, 2.05) is 30.3 Å². The molecule has 0 saturated heterocycles. The van der Waals surface area contributed by atoms with Gasteiger partial charge in [0.1, 0.15) is 0 Å². The number of nitrogens with zero attached hydrogens (tertiary/aromatic N) is 1. The molecule has 0 aliphatic carbocycles. The van der Waals surface area contributed by atoms with Gasteiger partial charge in [0.15, 0.2) is 0 Å². The van der Waals surface area contributed by atoms with Crippen molar-refractivity contribution < 1.29 is 14.7 Å². The minimum Gasteiger partial charge on any atom is -0.481 e. The zero-order valence-corrected chi connectivity index (χ0v) is 12.1. The van der Waals surface area contributed by atoms with E-state index in [0.717, 1.165) is 10.9 Å². The number of para-hydroxylation sites is 1. The number of fused-ring (bicyclic) bond motifs is 1. The third kappa shape index (κ3) is 2.29. The van der Waals surface area contributed by atoms with E-state index in [4.69, 9.17) is 0 Å². The first-order chi connectivity index (χ1) is 10.6. The van der Waals surface area contributed by atoms with Crippen molar-refractivity contribution in [3.8, 4) is 0 Å². The lowest BCUT2D eigenvalue weighted by atomic mass is 10.0. The first kappa shape index (κ1) is 14.1. The van der Waals surface area contributed by atoms with Gasteiger partial charge in [0.05, 0.1) is 11.4 Å². The third-order valence-electron chi connectivity index (χ3n) is 3.82. The van der Waals surface area contributed by atoms with Crippen molar-refractivity contribution in [2.24, 2.45) is 0 Å². The highest BCUT2D eigenvalue weighted by atomic mass is 16.4. The molecule has 1 heterocycles. The summed E-state index contributed by atoms with van der Waals surface area (Å²) in [6.45, 7) is 1.63. The van der Waals surface area contributed by atoms with E-state index < -0.39 is 11.9 Å². The monoisotopic (exact) mass is 293 g/mol. The summed E-state index contributed by atoms with van der Waals surface area (Å²) in [4.78, 5) is 24.0. The lowest BCUT2D eigenvalue weighted by Gasteiger charge is -2.04. The van der Waals surface area contributed by atoms with Crippen LogP contribution >= 0.6 is 0 Å². The highest BCUT2D eigenvalue weighted by Crippen LogP contribution is 2.28. The topological polar surface area (TPSA) is 59.3 Å². The van der Waals surface area contributed by atoms with Gasteiger partial charge in [-0.3, -0.25) is 14.2 Å². The fraction of sp³-hybridized carbons (Fsp3) is 0.111. The van der Waals surface area contributed by atoms with E-state index in [0.29, 0.717) is 11.1 Å². The highest BCUT2D eigenvalue weighted by Gasteiger charge is 2.21. The average Bonchev–Trinajstić information content (AvgIpc) is 2.93. The number of carbonyl (C=O) groups is 2. The van der Waals surface area contributed by atoms with Crippen molar-refractivity contribution in [1.29, 1.82) is 0 Å². The second-order valence-corrected chi connectivity index (χ2v) is 5.20. The van der Waals surface area contributed by atoms with Crippen molar-refractivity contribution in [1.82, 2.24) is 4.57 Å². The van der Waals surface area contributed by atoms with Crippen LogP contribution < -0.4 is 0 Å². The summed E-state index contributed by atoms with van der Waals surface area (Å²) in [6, 6.07) is 16.3. The predicted octanol–water partition coefficient (Wildman–Crippen LogP) is 3.52. The summed E-state index contributed by atoms with van der Waals surface area (Å²) in [5.74, 6) is -1.74. The minimum atomic E-state index is -0.907. The fourth-order valence-corrected chi connectivity index (χ4v) is 2.57. The fourth-order valence-electron chi connectivity index (χ4n) is 2.57. The molecule has 0 spiro atoms. The number of hydrogen-bond acceptors (Lipinski definition) is 2. The number of benzene rings is 2. The largest absolute Gasteiger partial charge is 0.481 e. The Kier molecular flexibility index (Phi) is 3.51. The molecule has 0 aliphatic rings. The van der Waals surface area contributed by atoms with Gasteiger partial charge in [-0.25, -0.2) is 0 Å². The van der Waals surface area contributed by atoms with Gasteiger partial charge in [-0.1, -0.05) is 36.4 Å². The predicted molar refractivity (Wildman–Crippen MR) is 84.2 cm³/mol. The minimum absolute atomic E-state index is 0.166. The number of aliphatic carboxylic acids is 1. The molecule has 4 heteroatoms. The molecule has 22 heavy (non-hydrogen) atoms.